The number of benzene rings is 2. The second-order valence-corrected chi connectivity index (χ2v) is 34.2. The fourth-order valence-electron chi connectivity index (χ4n) is 4.69. The SMILES string of the molecule is CC1(C)C[Si](C)(C)[Si](C)(C)[Si](c2ccccc2)(c2ccccc2)O1. The van der Waals surface area contributed by atoms with Crippen molar-refractivity contribution in [3.05, 3.63) is 60.7 Å². The van der Waals surface area contributed by atoms with Gasteiger partial charge in [-0.05, 0) is 30.3 Å². The van der Waals surface area contributed by atoms with Gasteiger partial charge in [-0.2, -0.15) is 0 Å². The molecule has 0 spiro atoms. The van der Waals surface area contributed by atoms with E-state index in [9.17, 15) is 0 Å². The van der Waals surface area contributed by atoms with Crippen molar-refractivity contribution < 1.29 is 4.43 Å². The maximum atomic E-state index is 7.22. The summed E-state index contributed by atoms with van der Waals surface area (Å²) in [7, 11) is -5.22. The first-order valence-electron chi connectivity index (χ1n) is 8.94. The quantitative estimate of drug-likeness (QED) is 0.722. The Balaban J connectivity index is 2.36. The molecule has 0 atom stereocenters. The van der Waals surface area contributed by atoms with E-state index in [-0.39, 0.29) is 5.60 Å². The Bertz CT molecular complexity index is 669. The minimum absolute atomic E-state index is 0.0316. The summed E-state index contributed by atoms with van der Waals surface area (Å²) in [6.45, 7) is 15.1. The average molecular weight is 371 g/mol. The maximum Gasteiger partial charge on any atom is 0.238 e. The maximum absolute atomic E-state index is 7.22. The van der Waals surface area contributed by atoms with Gasteiger partial charge in [-0.15, -0.1) is 0 Å². The van der Waals surface area contributed by atoms with Gasteiger partial charge in [0, 0.05) is 13.2 Å². The minimum Gasteiger partial charge on any atom is -0.406 e. The third-order valence-corrected chi connectivity index (χ3v) is 43.5. The van der Waals surface area contributed by atoms with Gasteiger partial charge >= 0.3 is 0 Å². The molecular formula is C20H30OSi3. The van der Waals surface area contributed by atoms with Crippen molar-refractivity contribution in [3.8, 4) is 0 Å². The first kappa shape index (κ1) is 17.9. The van der Waals surface area contributed by atoms with Crippen molar-refractivity contribution >= 4 is 32.9 Å². The van der Waals surface area contributed by atoms with Crippen molar-refractivity contribution in [3.63, 3.8) is 0 Å². The monoisotopic (exact) mass is 370 g/mol. The molecule has 0 unspecified atom stereocenters. The van der Waals surface area contributed by atoms with Crippen LogP contribution in [0.15, 0.2) is 60.7 Å². The van der Waals surface area contributed by atoms with E-state index in [1.165, 1.54) is 16.4 Å². The van der Waals surface area contributed by atoms with Crippen LogP contribution in [0.3, 0.4) is 0 Å². The smallest absolute Gasteiger partial charge is 0.238 e. The summed E-state index contributed by atoms with van der Waals surface area (Å²) in [5.41, 5.74) is -0.0316. The molecule has 1 aliphatic rings. The van der Waals surface area contributed by atoms with Crippen LogP contribution < -0.4 is 10.4 Å². The van der Waals surface area contributed by atoms with E-state index in [0.29, 0.717) is 0 Å². The number of hydrogen-bond donors (Lipinski definition) is 0. The fourth-order valence-corrected chi connectivity index (χ4v) is 37.7. The Morgan fingerprint density at radius 3 is 1.58 bits per heavy atom. The molecule has 1 fully saturated rings. The van der Waals surface area contributed by atoms with Gasteiger partial charge < -0.3 is 4.43 Å². The molecule has 1 saturated heterocycles. The van der Waals surface area contributed by atoms with E-state index in [0.717, 1.165) is 0 Å². The average Bonchev–Trinajstić information content (AvgIpc) is 2.52. The second kappa shape index (κ2) is 5.80. The largest absolute Gasteiger partial charge is 0.406 e. The molecule has 0 saturated carbocycles. The van der Waals surface area contributed by atoms with Gasteiger partial charge in [-0.1, -0.05) is 86.9 Å². The van der Waals surface area contributed by atoms with Gasteiger partial charge in [-0.3, -0.25) is 0 Å². The molecular weight excluding hydrogens is 340 g/mol. The zero-order chi connectivity index (χ0) is 17.6. The molecule has 3 rings (SSSR count). The minimum atomic E-state index is -2.23. The highest BCUT2D eigenvalue weighted by Gasteiger charge is 2.66. The molecule has 4 heteroatoms. The highest BCUT2D eigenvalue weighted by Crippen LogP contribution is 2.43. The lowest BCUT2D eigenvalue weighted by molar-refractivity contribution is 0.127. The van der Waals surface area contributed by atoms with Crippen molar-refractivity contribution in [2.75, 3.05) is 0 Å². The van der Waals surface area contributed by atoms with Gasteiger partial charge in [0.1, 0.15) is 0 Å². The predicted octanol–water partition coefficient (Wildman–Crippen LogP) is 4.13. The molecule has 0 radical (unpaired) electrons. The van der Waals surface area contributed by atoms with Gasteiger partial charge in [0.15, 0.2) is 0 Å². The Morgan fingerprint density at radius 2 is 1.17 bits per heavy atom. The summed E-state index contributed by atoms with van der Waals surface area (Å²) in [5, 5.41) is 2.95. The van der Waals surface area contributed by atoms with Gasteiger partial charge in [0.2, 0.25) is 7.83 Å². The molecule has 2 aromatic rings. The fraction of sp³-hybridized carbons (Fsp3) is 0.400. The van der Waals surface area contributed by atoms with Gasteiger partial charge in [0.25, 0.3) is 0 Å². The Hall–Kier alpha value is -0.949. The second-order valence-electron chi connectivity index (χ2n) is 8.96. The molecule has 0 bridgehead atoms. The zero-order valence-electron chi connectivity index (χ0n) is 15.9. The van der Waals surface area contributed by atoms with Crippen LogP contribution in [0.1, 0.15) is 13.8 Å². The van der Waals surface area contributed by atoms with Crippen LogP contribution in [0.2, 0.25) is 32.2 Å². The summed E-state index contributed by atoms with van der Waals surface area (Å²) in [6.07, 6.45) is 0. The molecule has 0 aliphatic carbocycles. The lowest BCUT2D eigenvalue weighted by atomic mass is 10.2. The lowest BCUT2D eigenvalue weighted by Gasteiger charge is -2.60. The van der Waals surface area contributed by atoms with Crippen LogP contribution in [0.25, 0.3) is 0 Å². The summed E-state index contributed by atoms with van der Waals surface area (Å²) in [5.74, 6) is 0. The summed E-state index contributed by atoms with van der Waals surface area (Å²) >= 11 is 0. The van der Waals surface area contributed by atoms with Crippen LogP contribution in [-0.2, 0) is 4.43 Å². The molecule has 1 nitrogen and oxygen atoms in total. The van der Waals surface area contributed by atoms with E-state index in [1.54, 1.807) is 0 Å². The molecule has 0 amide bonds. The van der Waals surface area contributed by atoms with Gasteiger partial charge in [0.05, 0.1) is 7.11 Å². The summed E-state index contributed by atoms with van der Waals surface area (Å²) in [4.78, 5) is 0. The molecule has 0 N–H and O–H groups in total. The molecule has 2 aromatic carbocycles. The zero-order valence-corrected chi connectivity index (χ0v) is 18.9. The third-order valence-electron chi connectivity index (χ3n) is 6.23. The van der Waals surface area contributed by atoms with E-state index < -0.39 is 22.5 Å². The van der Waals surface area contributed by atoms with Crippen molar-refractivity contribution in [1.29, 1.82) is 0 Å². The van der Waals surface area contributed by atoms with Crippen LogP contribution in [0.4, 0.5) is 0 Å². The highest BCUT2D eigenvalue weighted by molar-refractivity contribution is 7.72. The third kappa shape index (κ3) is 2.60. The van der Waals surface area contributed by atoms with E-state index in [1.807, 2.05) is 0 Å². The standard InChI is InChI=1S/C20H30OSi3/c1-20(2)17-22(3,4)23(5,6)24(21-20,18-13-9-7-10-14-18)19-15-11-8-12-16-19/h7-16H,17H2,1-6H3. The Morgan fingerprint density at radius 1 is 0.750 bits per heavy atom. The van der Waals surface area contributed by atoms with Crippen LogP contribution in [-0.4, -0.2) is 28.1 Å². The van der Waals surface area contributed by atoms with Crippen LogP contribution in [0, 0.1) is 0 Å². The summed E-state index contributed by atoms with van der Waals surface area (Å²) in [6, 6.07) is 23.6. The predicted molar refractivity (Wildman–Crippen MR) is 113 cm³/mol. The normalized spacial score (nSPS) is 23.6. The first-order valence-corrected chi connectivity index (χ1v) is 19.1. The van der Waals surface area contributed by atoms with E-state index >= 15 is 0 Å². The van der Waals surface area contributed by atoms with Crippen LogP contribution in [0.5, 0.6) is 0 Å². The summed E-state index contributed by atoms with van der Waals surface area (Å²) < 4.78 is 7.22. The Kier molecular flexibility index (Phi) is 4.32. The van der Waals surface area contributed by atoms with Crippen LogP contribution >= 0.6 is 0 Å². The molecule has 24 heavy (non-hydrogen) atoms. The topological polar surface area (TPSA) is 9.23 Å². The lowest BCUT2D eigenvalue weighted by Crippen LogP contribution is -2.88. The number of rotatable bonds is 2. The number of hydrogen-bond acceptors (Lipinski definition) is 1. The van der Waals surface area contributed by atoms with Crippen molar-refractivity contribution in [1.82, 2.24) is 0 Å². The Labute approximate surface area is 149 Å². The first-order chi connectivity index (χ1) is 11.1. The van der Waals surface area contributed by atoms with Crippen molar-refractivity contribution in [2.45, 2.75) is 51.7 Å². The van der Waals surface area contributed by atoms with Gasteiger partial charge in [-0.25, -0.2) is 0 Å². The van der Waals surface area contributed by atoms with Crippen molar-refractivity contribution in [2.24, 2.45) is 0 Å². The highest BCUT2D eigenvalue weighted by atomic mass is 29.6. The van der Waals surface area contributed by atoms with E-state index in [4.69, 9.17) is 4.43 Å². The molecule has 128 valence electrons. The molecule has 1 aliphatic heterocycles. The van der Waals surface area contributed by atoms with E-state index in [2.05, 4.69) is 101 Å². The molecule has 0 aromatic heterocycles. The molecule has 1 heterocycles.